The van der Waals surface area contributed by atoms with Gasteiger partial charge >= 0.3 is 0 Å². The van der Waals surface area contributed by atoms with Crippen LogP contribution in [0.3, 0.4) is 0 Å². The molecule has 1 nitrogen and oxygen atoms in total. The molecule has 0 amide bonds. The first-order valence-electron chi connectivity index (χ1n) is 17.3. The van der Waals surface area contributed by atoms with Crippen molar-refractivity contribution in [2.24, 2.45) is 0 Å². The number of carbonyl (C=O) groups is 1. The molecule has 0 fully saturated rings. The zero-order valence-electron chi connectivity index (χ0n) is 27.5. The third-order valence-electron chi connectivity index (χ3n) is 8.12. The van der Waals surface area contributed by atoms with Crippen molar-refractivity contribution in [2.75, 3.05) is 0 Å². The van der Waals surface area contributed by atoms with Crippen LogP contribution in [0, 0.1) is 0 Å². The van der Waals surface area contributed by atoms with Crippen molar-refractivity contribution in [3.63, 3.8) is 0 Å². The van der Waals surface area contributed by atoms with E-state index in [0.717, 1.165) is 25.7 Å². The van der Waals surface area contributed by atoms with Gasteiger partial charge in [0.05, 0.1) is 0 Å². The number of hydrogen-bond acceptors (Lipinski definition) is 1. The molecule has 0 aromatic rings. The molecular formula is C35H70Na2O. The second-order valence-electron chi connectivity index (χ2n) is 11.9. The van der Waals surface area contributed by atoms with Crippen molar-refractivity contribution >= 4 is 64.9 Å². The van der Waals surface area contributed by atoms with Gasteiger partial charge in [0.1, 0.15) is 5.78 Å². The van der Waals surface area contributed by atoms with Crippen LogP contribution in [0.4, 0.5) is 0 Å². The van der Waals surface area contributed by atoms with Crippen LogP contribution in [0.2, 0.25) is 0 Å². The summed E-state index contributed by atoms with van der Waals surface area (Å²) in [6, 6.07) is 0. The predicted molar refractivity (Wildman–Crippen MR) is 176 cm³/mol. The van der Waals surface area contributed by atoms with Gasteiger partial charge in [-0.1, -0.05) is 194 Å². The van der Waals surface area contributed by atoms with Gasteiger partial charge in [-0.2, -0.15) is 0 Å². The molecule has 0 aliphatic heterocycles. The van der Waals surface area contributed by atoms with Crippen molar-refractivity contribution < 1.29 is 4.79 Å². The summed E-state index contributed by atoms with van der Waals surface area (Å²) >= 11 is 0. The molecule has 0 rings (SSSR count). The molecule has 0 aromatic heterocycles. The van der Waals surface area contributed by atoms with Gasteiger partial charge < -0.3 is 0 Å². The van der Waals surface area contributed by atoms with Crippen LogP contribution in [0.5, 0.6) is 0 Å². The maximum Gasteiger partial charge on any atom is 0.132 e. The smallest absolute Gasteiger partial charge is 0.132 e. The van der Waals surface area contributed by atoms with Gasteiger partial charge in [0, 0.05) is 72.0 Å². The number of rotatable bonds is 32. The van der Waals surface area contributed by atoms with Crippen LogP contribution in [0.1, 0.15) is 219 Å². The summed E-state index contributed by atoms with van der Waals surface area (Å²) in [5, 5.41) is 0. The summed E-state index contributed by atoms with van der Waals surface area (Å²) in [5.41, 5.74) is 0. The molecule has 0 unspecified atom stereocenters. The first-order chi connectivity index (χ1) is 17.8. The summed E-state index contributed by atoms with van der Waals surface area (Å²) < 4.78 is 0. The Kier molecular flexibility index (Phi) is 47.4. The van der Waals surface area contributed by atoms with Crippen LogP contribution in [-0.4, -0.2) is 64.9 Å². The Bertz CT molecular complexity index is 377. The van der Waals surface area contributed by atoms with Gasteiger partial charge in [0.2, 0.25) is 0 Å². The molecule has 0 heterocycles. The van der Waals surface area contributed by atoms with Gasteiger partial charge in [0.25, 0.3) is 0 Å². The van der Waals surface area contributed by atoms with E-state index in [1.54, 1.807) is 0 Å². The van der Waals surface area contributed by atoms with Crippen molar-refractivity contribution in [3.8, 4) is 0 Å². The van der Waals surface area contributed by atoms with E-state index in [4.69, 9.17) is 0 Å². The van der Waals surface area contributed by atoms with E-state index >= 15 is 0 Å². The number of ketones is 1. The molecule has 0 saturated carbocycles. The average Bonchev–Trinajstić information content (AvgIpc) is 2.88. The second-order valence-corrected chi connectivity index (χ2v) is 11.9. The maximum absolute atomic E-state index is 12.1. The fraction of sp³-hybridized carbons (Fsp3) is 0.971. The molecule has 0 saturated heterocycles. The first kappa shape index (κ1) is 44.1. The summed E-state index contributed by atoms with van der Waals surface area (Å²) in [5.74, 6) is 0.527. The van der Waals surface area contributed by atoms with Crippen LogP contribution < -0.4 is 0 Å². The molecule has 0 aliphatic rings. The van der Waals surface area contributed by atoms with Crippen LogP contribution >= 0.6 is 0 Å². The van der Waals surface area contributed by atoms with Crippen molar-refractivity contribution in [1.29, 1.82) is 0 Å². The van der Waals surface area contributed by atoms with Crippen LogP contribution in [0.15, 0.2) is 0 Å². The van der Waals surface area contributed by atoms with Gasteiger partial charge in [0.15, 0.2) is 0 Å². The Hall–Kier alpha value is 1.67. The van der Waals surface area contributed by atoms with E-state index in [2.05, 4.69) is 13.8 Å². The standard InChI is InChI=1S/C35H70O.2Na/c1-3-5-7-9-11-13-15-17-19-21-23-25-27-29-31-33-35(36)34-32-30-28-26-24-22-20-18-16-14-12-10-8-6-4-2;;/h3-34H2,1-2H3;;. The van der Waals surface area contributed by atoms with Crippen LogP contribution in [0.25, 0.3) is 0 Å². The monoisotopic (exact) mass is 553 g/mol. The molecular weight excluding hydrogens is 482 g/mol. The predicted octanol–water partition coefficient (Wildman–Crippen LogP) is 12.3. The quantitative estimate of drug-likeness (QED) is 0.0599. The Morgan fingerprint density at radius 2 is 0.447 bits per heavy atom. The van der Waals surface area contributed by atoms with Gasteiger partial charge in [-0.15, -0.1) is 0 Å². The molecule has 2 radical (unpaired) electrons. The zero-order chi connectivity index (χ0) is 26.2. The van der Waals surface area contributed by atoms with Crippen molar-refractivity contribution in [3.05, 3.63) is 0 Å². The van der Waals surface area contributed by atoms with E-state index in [9.17, 15) is 4.79 Å². The van der Waals surface area contributed by atoms with E-state index in [-0.39, 0.29) is 59.1 Å². The number of hydrogen-bond donors (Lipinski definition) is 0. The Morgan fingerprint density at radius 1 is 0.289 bits per heavy atom. The first-order valence-corrected chi connectivity index (χ1v) is 17.3. The zero-order valence-corrected chi connectivity index (χ0v) is 31.5. The molecule has 0 aromatic carbocycles. The average molecular weight is 553 g/mol. The Balaban J connectivity index is -0.00000612. The summed E-state index contributed by atoms with van der Waals surface area (Å²) in [4.78, 5) is 12.1. The van der Waals surface area contributed by atoms with Gasteiger partial charge in [-0.25, -0.2) is 0 Å². The fourth-order valence-electron chi connectivity index (χ4n) is 5.51. The number of carbonyl (C=O) groups excluding carboxylic acids is 1. The molecule has 218 valence electrons. The summed E-state index contributed by atoms with van der Waals surface area (Å²) in [6.07, 6.45) is 43.4. The molecule has 0 bridgehead atoms. The molecule has 0 aliphatic carbocycles. The molecule has 38 heavy (non-hydrogen) atoms. The van der Waals surface area contributed by atoms with Crippen molar-refractivity contribution in [1.82, 2.24) is 0 Å². The molecule has 0 N–H and O–H groups in total. The maximum atomic E-state index is 12.1. The van der Waals surface area contributed by atoms with Gasteiger partial charge in [-0.05, 0) is 12.8 Å². The topological polar surface area (TPSA) is 17.1 Å². The van der Waals surface area contributed by atoms with E-state index in [0.29, 0.717) is 5.78 Å². The minimum absolute atomic E-state index is 0. The van der Waals surface area contributed by atoms with Crippen LogP contribution in [-0.2, 0) is 4.79 Å². The van der Waals surface area contributed by atoms with E-state index in [1.165, 1.54) is 180 Å². The largest absolute Gasteiger partial charge is 0.300 e. The fourth-order valence-corrected chi connectivity index (χ4v) is 5.51. The third kappa shape index (κ3) is 39.8. The second kappa shape index (κ2) is 40.8. The van der Waals surface area contributed by atoms with Gasteiger partial charge in [-0.3, -0.25) is 4.79 Å². The van der Waals surface area contributed by atoms with E-state index < -0.39 is 0 Å². The SMILES string of the molecule is CCCCCCCCCCCCCCCCCC(=O)CCCCCCCCCCCCCCCCC.[Na].[Na]. The molecule has 0 spiro atoms. The minimum atomic E-state index is 0. The third-order valence-corrected chi connectivity index (χ3v) is 8.12. The Morgan fingerprint density at radius 3 is 0.632 bits per heavy atom. The summed E-state index contributed by atoms with van der Waals surface area (Å²) in [7, 11) is 0. The number of unbranched alkanes of at least 4 members (excludes halogenated alkanes) is 28. The molecule has 0 atom stereocenters. The number of Topliss-reactive ketones (excluding diaryl/α,β-unsaturated/α-hetero) is 1. The van der Waals surface area contributed by atoms with Crippen molar-refractivity contribution in [2.45, 2.75) is 219 Å². The summed E-state index contributed by atoms with van der Waals surface area (Å²) in [6.45, 7) is 4.59. The van der Waals surface area contributed by atoms with E-state index in [1.807, 2.05) is 0 Å². The minimum Gasteiger partial charge on any atom is -0.300 e. The Labute approximate surface area is 286 Å². The normalized spacial score (nSPS) is 10.8. The molecule has 3 heteroatoms.